The lowest BCUT2D eigenvalue weighted by atomic mass is 9.81. The summed E-state index contributed by atoms with van der Waals surface area (Å²) in [6.07, 6.45) is 8.88. The molecule has 2 fully saturated rings. The van der Waals surface area contributed by atoms with Crippen LogP contribution in [0.15, 0.2) is 12.7 Å². The first-order valence-electron chi connectivity index (χ1n) is 8.38. The minimum absolute atomic E-state index is 0.117. The van der Waals surface area contributed by atoms with E-state index in [-0.39, 0.29) is 17.1 Å². The molecule has 22 heavy (non-hydrogen) atoms. The van der Waals surface area contributed by atoms with Crippen molar-refractivity contribution in [2.75, 3.05) is 13.2 Å². The van der Waals surface area contributed by atoms with Crippen molar-refractivity contribution in [2.45, 2.75) is 64.6 Å². The van der Waals surface area contributed by atoms with Gasteiger partial charge in [0, 0.05) is 17.8 Å². The maximum Gasteiger partial charge on any atom is 0.208 e. The number of allylic oxidation sites excluding steroid dienone is 1. The lowest BCUT2D eigenvalue weighted by Crippen LogP contribution is -2.46. The highest BCUT2D eigenvalue weighted by Gasteiger charge is 2.38. The third kappa shape index (κ3) is 4.69. The Morgan fingerprint density at radius 2 is 1.86 bits per heavy atom. The summed E-state index contributed by atoms with van der Waals surface area (Å²) in [4.78, 5) is 12.1. The molecule has 0 radical (unpaired) electrons. The molecule has 0 unspecified atom stereocenters. The summed E-state index contributed by atoms with van der Waals surface area (Å²) in [6.45, 7) is 8.86. The van der Waals surface area contributed by atoms with Gasteiger partial charge in [-0.2, -0.15) is 0 Å². The Morgan fingerprint density at radius 1 is 1.23 bits per heavy atom. The zero-order valence-electron chi connectivity index (χ0n) is 14.0. The van der Waals surface area contributed by atoms with Gasteiger partial charge in [0.05, 0.1) is 13.2 Å². The topological polar surface area (TPSA) is 35.5 Å². The second-order valence-electron chi connectivity index (χ2n) is 7.15. The van der Waals surface area contributed by atoms with Crippen LogP contribution in [0.5, 0.6) is 0 Å². The molecule has 0 amide bonds. The first kappa shape index (κ1) is 17.2. The fraction of sp³-hybridized carbons (Fsp3) is 0.737. The second-order valence-corrected chi connectivity index (χ2v) is 7.15. The van der Waals surface area contributed by atoms with Crippen LogP contribution in [0, 0.1) is 23.2 Å². The highest BCUT2D eigenvalue weighted by molar-refractivity contribution is 5.97. The van der Waals surface area contributed by atoms with Crippen molar-refractivity contribution in [2.24, 2.45) is 11.3 Å². The van der Waals surface area contributed by atoms with Crippen molar-refractivity contribution in [3.05, 3.63) is 12.7 Å². The quantitative estimate of drug-likeness (QED) is 0.449. The summed E-state index contributed by atoms with van der Waals surface area (Å²) < 4.78 is 11.6. The zero-order chi connectivity index (χ0) is 16.1. The van der Waals surface area contributed by atoms with E-state index in [0.29, 0.717) is 19.6 Å². The predicted octanol–water partition coefficient (Wildman–Crippen LogP) is 3.87. The summed E-state index contributed by atoms with van der Waals surface area (Å²) in [7, 11) is 0. The van der Waals surface area contributed by atoms with Gasteiger partial charge in [-0.1, -0.05) is 31.3 Å². The molecule has 2 aliphatic rings. The number of hydrogen-bond acceptors (Lipinski definition) is 3. The Kier molecular flexibility index (Phi) is 5.83. The minimum atomic E-state index is -0.532. The van der Waals surface area contributed by atoms with Gasteiger partial charge < -0.3 is 9.47 Å². The molecule has 0 aromatic carbocycles. The zero-order valence-corrected chi connectivity index (χ0v) is 14.0. The summed E-state index contributed by atoms with van der Waals surface area (Å²) in [5, 5.41) is 0. The smallest absolute Gasteiger partial charge is 0.208 e. The molecule has 1 aliphatic carbocycles. The van der Waals surface area contributed by atoms with Crippen LogP contribution in [0.25, 0.3) is 0 Å². The molecule has 0 spiro atoms. The van der Waals surface area contributed by atoms with E-state index in [9.17, 15) is 4.79 Å². The van der Waals surface area contributed by atoms with Crippen LogP contribution in [-0.2, 0) is 14.3 Å². The molecule has 1 saturated carbocycles. The molecule has 1 aliphatic heterocycles. The summed E-state index contributed by atoms with van der Waals surface area (Å²) >= 11 is 0. The van der Waals surface area contributed by atoms with Crippen molar-refractivity contribution in [3.8, 4) is 11.8 Å². The summed E-state index contributed by atoms with van der Waals surface area (Å²) in [5.74, 6) is 5.71. The van der Waals surface area contributed by atoms with Crippen molar-refractivity contribution in [3.63, 3.8) is 0 Å². The number of ether oxygens (including phenoxy) is 2. The van der Waals surface area contributed by atoms with Crippen LogP contribution in [0.2, 0.25) is 0 Å². The molecule has 3 heteroatoms. The third-order valence-electron chi connectivity index (χ3n) is 4.68. The van der Waals surface area contributed by atoms with E-state index in [1.807, 2.05) is 19.9 Å². The van der Waals surface area contributed by atoms with E-state index in [1.165, 1.54) is 6.42 Å². The fourth-order valence-electron chi connectivity index (χ4n) is 3.12. The first-order chi connectivity index (χ1) is 10.5. The normalized spacial score (nSPS) is 24.1. The number of ketones is 1. The molecule has 0 bridgehead atoms. The Bertz CT molecular complexity index is 451. The van der Waals surface area contributed by atoms with Crippen molar-refractivity contribution >= 4 is 5.78 Å². The molecule has 3 nitrogen and oxygen atoms in total. The lowest BCUT2D eigenvalue weighted by molar-refractivity contribution is -0.284. The molecule has 1 saturated heterocycles. The highest BCUT2D eigenvalue weighted by Crippen LogP contribution is 2.35. The van der Waals surface area contributed by atoms with Crippen LogP contribution in [-0.4, -0.2) is 24.8 Å². The summed E-state index contributed by atoms with van der Waals surface area (Å²) in [6, 6.07) is 0. The average molecular weight is 304 g/mol. The molecule has 0 N–H and O–H groups in total. The Hall–Kier alpha value is -1.11. The van der Waals surface area contributed by atoms with Crippen LogP contribution >= 0.6 is 0 Å². The predicted molar refractivity (Wildman–Crippen MR) is 87.2 cm³/mol. The molecule has 2 rings (SSSR count). The monoisotopic (exact) mass is 304 g/mol. The van der Waals surface area contributed by atoms with Gasteiger partial charge in [-0.3, -0.25) is 4.79 Å². The van der Waals surface area contributed by atoms with Crippen molar-refractivity contribution in [1.82, 2.24) is 0 Å². The van der Waals surface area contributed by atoms with Gasteiger partial charge in [-0.15, -0.1) is 6.58 Å². The minimum Gasteiger partial charge on any atom is -0.350 e. The maximum absolute atomic E-state index is 12.1. The second kappa shape index (κ2) is 7.44. The Balaban J connectivity index is 1.93. The third-order valence-corrected chi connectivity index (χ3v) is 4.68. The fourth-order valence-corrected chi connectivity index (χ4v) is 3.12. The molecule has 1 heterocycles. The van der Waals surface area contributed by atoms with Crippen molar-refractivity contribution < 1.29 is 14.3 Å². The number of rotatable bonds is 4. The Labute approximate surface area is 134 Å². The van der Waals surface area contributed by atoms with Gasteiger partial charge in [-0.05, 0) is 39.0 Å². The van der Waals surface area contributed by atoms with E-state index in [1.54, 1.807) is 0 Å². The van der Waals surface area contributed by atoms with Gasteiger partial charge in [0.2, 0.25) is 5.78 Å². The Morgan fingerprint density at radius 3 is 2.45 bits per heavy atom. The molecular weight excluding hydrogens is 276 g/mol. The van der Waals surface area contributed by atoms with E-state index < -0.39 is 5.79 Å². The number of hydrogen-bond donors (Lipinski definition) is 0. The molecule has 0 atom stereocenters. The average Bonchev–Trinajstić information content (AvgIpc) is 2.51. The van der Waals surface area contributed by atoms with E-state index >= 15 is 0 Å². The van der Waals surface area contributed by atoms with Crippen LogP contribution in [0.1, 0.15) is 58.8 Å². The van der Waals surface area contributed by atoms with Crippen LogP contribution < -0.4 is 0 Å². The SMILES string of the molecule is C=CCC1(CC#CC(=O)C2CCCCC2)COC(C)(C)OC1. The highest BCUT2D eigenvalue weighted by atomic mass is 16.7. The molecule has 0 aromatic rings. The van der Waals surface area contributed by atoms with Gasteiger partial charge in [0.1, 0.15) is 0 Å². The van der Waals surface area contributed by atoms with Crippen molar-refractivity contribution in [1.29, 1.82) is 0 Å². The largest absolute Gasteiger partial charge is 0.350 e. The van der Waals surface area contributed by atoms with Gasteiger partial charge in [0.25, 0.3) is 0 Å². The van der Waals surface area contributed by atoms with Crippen LogP contribution in [0.4, 0.5) is 0 Å². The first-order valence-corrected chi connectivity index (χ1v) is 8.38. The van der Waals surface area contributed by atoms with Gasteiger partial charge in [0.15, 0.2) is 5.79 Å². The molecule has 122 valence electrons. The molecular formula is C19H28O3. The van der Waals surface area contributed by atoms with E-state index in [0.717, 1.165) is 32.1 Å². The summed E-state index contributed by atoms with van der Waals surface area (Å²) in [5.41, 5.74) is -0.170. The number of carbonyl (C=O) groups excluding carboxylic acids is 1. The maximum atomic E-state index is 12.1. The lowest BCUT2D eigenvalue weighted by Gasteiger charge is -2.42. The van der Waals surface area contributed by atoms with Gasteiger partial charge >= 0.3 is 0 Å². The number of carbonyl (C=O) groups is 1. The van der Waals surface area contributed by atoms with Crippen LogP contribution in [0.3, 0.4) is 0 Å². The number of Topliss-reactive ketones (excluding diaryl/α,β-unsaturated/α-hetero) is 1. The van der Waals surface area contributed by atoms with Gasteiger partial charge in [-0.25, -0.2) is 0 Å². The van der Waals surface area contributed by atoms with E-state index in [4.69, 9.17) is 9.47 Å². The van der Waals surface area contributed by atoms with E-state index in [2.05, 4.69) is 18.4 Å². The standard InChI is InChI=1S/C19H28O3/c1-4-12-19(14-21-18(2,3)22-15-19)13-8-11-17(20)16-9-6-5-7-10-16/h4,16H,1,5-7,9-10,12-15H2,2-3H3. The molecule has 0 aromatic heterocycles.